The topological polar surface area (TPSA) is 18.5 Å². The Morgan fingerprint density at radius 1 is 0.913 bits per heavy atom. The second-order valence-electron chi connectivity index (χ2n) is 6.95. The molecule has 2 nitrogen and oxygen atoms in total. The molecule has 2 aliphatic carbocycles. The van der Waals surface area contributed by atoms with E-state index in [1.54, 1.807) is 0 Å². The molecule has 0 atom stereocenters. The van der Waals surface area contributed by atoms with Crippen molar-refractivity contribution >= 4 is 0 Å². The van der Waals surface area contributed by atoms with Crippen molar-refractivity contribution in [3.8, 4) is 22.6 Å². The quantitative estimate of drug-likeness (QED) is 0.655. The minimum Gasteiger partial charge on any atom is -0.454 e. The summed E-state index contributed by atoms with van der Waals surface area (Å²) in [5.74, 6) is 3.47. The number of benzene rings is 2. The fourth-order valence-electron chi connectivity index (χ4n) is 3.93. The summed E-state index contributed by atoms with van der Waals surface area (Å²) in [5.41, 5.74) is 5.24. The van der Waals surface area contributed by atoms with Crippen LogP contribution >= 0.6 is 0 Å². The Bertz CT molecular complexity index is 900. The minimum absolute atomic E-state index is 0.00849. The van der Waals surface area contributed by atoms with Gasteiger partial charge in [-0.15, -0.1) is 0 Å². The first-order valence-electron chi connectivity index (χ1n) is 8.18. The van der Waals surface area contributed by atoms with Crippen LogP contribution in [0.3, 0.4) is 0 Å². The lowest BCUT2D eigenvalue weighted by Crippen LogP contribution is -2.17. The van der Waals surface area contributed by atoms with Crippen molar-refractivity contribution in [3.05, 3.63) is 71.2 Å². The first-order valence-corrected chi connectivity index (χ1v) is 8.18. The molecule has 5 rings (SSSR count). The summed E-state index contributed by atoms with van der Waals surface area (Å²) in [6, 6.07) is 13.0. The zero-order valence-electron chi connectivity index (χ0n) is 13.3. The van der Waals surface area contributed by atoms with Crippen LogP contribution in [0.25, 0.3) is 11.1 Å². The van der Waals surface area contributed by atoms with E-state index in [-0.39, 0.29) is 5.41 Å². The van der Waals surface area contributed by atoms with E-state index in [1.165, 1.54) is 22.3 Å². The van der Waals surface area contributed by atoms with Crippen molar-refractivity contribution in [2.75, 3.05) is 0 Å². The van der Waals surface area contributed by atoms with Gasteiger partial charge in [-0.1, -0.05) is 44.2 Å². The molecule has 0 fully saturated rings. The molecule has 3 aliphatic rings. The normalized spacial score (nSPS) is 19.2. The van der Waals surface area contributed by atoms with Crippen LogP contribution in [0.1, 0.15) is 37.8 Å². The highest BCUT2D eigenvalue weighted by atomic mass is 16.6. The second-order valence-corrected chi connectivity index (χ2v) is 6.95. The fourth-order valence-corrected chi connectivity index (χ4v) is 3.93. The van der Waals surface area contributed by atoms with E-state index in [4.69, 9.17) is 9.47 Å². The Hall–Kier alpha value is -2.48. The van der Waals surface area contributed by atoms with E-state index in [2.05, 4.69) is 56.3 Å². The van der Waals surface area contributed by atoms with Gasteiger partial charge in [0.05, 0.1) is 0 Å². The molecule has 0 aromatic heterocycles. The minimum atomic E-state index is -0.00849. The lowest BCUT2D eigenvalue weighted by Gasteiger charge is -2.27. The van der Waals surface area contributed by atoms with Gasteiger partial charge in [0.2, 0.25) is 0 Å². The standard InChI is InChI=1S/C21H18O2/c1-21(2)15-8-4-3-7-13(15)14-11-19-20(12-16(14)21)23-18-10-6-5-9-17(18)22-19/h3-5,7-9,11-12H,6,10H2,1-2H3. The van der Waals surface area contributed by atoms with Crippen LogP contribution < -0.4 is 9.47 Å². The third-order valence-corrected chi connectivity index (χ3v) is 5.18. The maximum atomic E-state index is 6.16. The molecule has 0 saturated heterocycles. The van der Waals surface area contributed by atoms with E-state index < -0.39 is 0 Å². The molecule has 0 amide bonds. The molecule has 2 aromatic rings. The third kappa shape index (κ3) is 1.69. The molecule has 0 bridgehead atoms. The van der Waals surface area contributed by atoms with Gasteiger partial charge in [0.25, 0.3) is 0 Å². The van der Waals surface area contributed by atoms with E-state index in [0.29, 0.717) is 0 Å². The van der Waals surface area contributed by atoms with E-state index >= 15 is 0 Å². The lowest BCUT2D eigenvalue weighted by molar-refractivity contribution is 0.289. The van der Waals surface area contributed by atoms with Crippen molar-refractivity contribution in [1.29, 1.82) is 0 Å². The van der Waals surface area contributed by atoms with Gasteiger partial charge in [-0.3, -0.25) is 0 Å². The third-order valence-electron chi connectivity index (χ3n) is 5.18. The van der Waals surface area contributed by atoms with Gasteiger partial charge in [-0.25, -0.2) is 0 Å². The highest BCUT2D eigenvalue weighted by Crippen LogP contribution is 2.53. The molecule has 114 valence electrons. The molecular weight excluding hydrogens is 284 g/mol. The largest absolute Gasteiger partial charge is 0.454 e. The average Bonchev–Trinajstić information content (AvgIpc) is 2.79. The Morgan fingerprint density at radius 3 is 2.65 bits per heavy atom. The molecule has 2 aromatic carbocycles. The van der Waals surface area contributed by atoms with Gasteiger partial charge in [0, 0.05) is 11.8 Å². The van der Waals surface area contributed by atoms with Crippen molar-refractivity contribution in [2.24, 2.45) is 0 Å². The second kappa shape index (κ2) is 4.29. The summed E-state index contributed by atoms with van der Waals surface area (Å²) >= 11 is 0. The van der Waals surface area contributed by atoms with Crippen molar-refractivity contribution < 1.29 is 9.47 Å². The Balaban J connectivity index is 1.70. The number of ether oxygens (including phenoxy) is 2. The maximum absolute atomic E-state index is 6.16. The lowest BCUT2D eigenvalue weighted by atomic mass is 9.82. The van der Waals surface area contributed by atoms with Gasteiger partial charge < -0.3 is 9.47 Å². The SMILES string of the molecule is CC1(C)c2ccccc2-c2cc3c(cc21)OC1=C(C=CCC1)O3. The molecule has 1 aliphatic heterocycles. The van der Waals surface area contributed by atoms with Crippen LogP contribution in [0, 0.1) is 0 Å². The maximum Gasteiger partial charge on any atom is 0.170 e. The van der Waals surface area contributed by atoms with Gasteiger partial charge >= 0.3 is 0 Å². The van der Waals surface area contributed by atoms with Crippen LogP contribution in [0.5, 0.6) is 11.5 Å². The smallest absolute Gasteiger partial charge is 0.170 e. The van der Waals surface area contributed by atoms with Gasteiger partial charge in [0.15, 0.2) is 17.3 Å². The van der Waals surface area contributed by atoms with E-state index in [0.717, 1.165) is 35.9 Å². The molecule has 0 radical (unpaired) electrons. The van der Waals surface area contributed by atoms with Gasteiger partial charge in [-0.05, 0) is 46.9 Å². The molecule has 1 heterocycles. The Labute approximate surface area is 136 Å². The average molecular weight is 302 g/mol. The molecule has 23 heavy (non-hydrogen) atoms. The summed E-state index contributed by atoms with van der Waals surface area (Å²) < 4.78 is 12.3. The zero-order chi connectivity index (χ0) is 15.6. The van der Waals surface area contributed by atoms with Crippen LogP contribution in [0.4, 0.5) is 0 Å². The summed E-state index contributed by atoms with van der Waals surface area (Å²) in [6.45, 7) is 4.56. The molecular formula is C21H18O2. The van der Waals surface area contributed by atoms with Crippen LogP contribution in [-0.4, -0.2) is 0 Å². The Morgan fingerprint density at radius 2 is 1.74 bits per heavy atom. The highest BCUT2D eigenvalue weighted by molar-refractivity contribution is 5.83. The fraction of sp³-hybridized carbons (Fsp3) is 0.238. The number of fused-ring (bicyclic) bond motifs is 4. The molecule has 0 spiro atoms. The number of hydrogen-bond acceptors (Lipinski definition) is 2. The molecule has 0 saturated carbocycles. The monoisotopic (exact) mass is 302 g/mol. The predicted octanol–water partition coefficient (Wildman–Crippen LogP) is 5.33. The molecule has 0 N–H and O–H groups in total. The predicted molar refractivity (Wildman–Crippen MR) is 90.7 cm³/mol. The van der Waals surface area contributed by atoms with Gasteiger partial charge in [-0.2, -0.15) is 0 Å². The number of rotatable bonds is 0. The van der Waals surface area contributed by atoms with Crippen molar-refractivity contribution in [2.45, 2.75) is 32.1 Å². The van der Waals surface area contributed by atoms with Crippen LogP contribution in [-0.2, 0) is 5.41 Å². The summed E-state index contributed by atoms with van der Waals surface area (Å²) in [4.78, 5) is 0. The first kappa shape index (κ1) is 13.0. The van der Waals surface area contributed by atoms with Crippen LogP contribution in [0.15, 0.2) is 60.1 Å². The van der Waals surface area contributed by atoms with Crippen LogP contribution in [0.2, 0.25) is 0 Å². The van der Waals surface area contributed by atoms with E-state index in [9.17, 15) is 0 Å². The number of allylic oxidation sites excluding steroid dienone is 3. The van der Waals surface area contributed by atoms with Crippen molar-refractivity contribution in [3.63, 3.8) is 0 Å². The van der Waals surface area contributed by atoms with E-state index in [1.807, 2.05) is 6.08 Å². The zero-order valence-corrected chi connectivity index (χ0v) is 13.3. The molecule has 2 heteroatoms. The summed E-state index contributed by atoms with van der Waals surface area (Å²) in [5, 5.41) is 0. The van der Waals surface area contributed by atoms with Crippen molar-refractivity contribution in [1.82, 2.24) is 0 Å². The highest BCUT2D eigenvalue weighted by Gasteiger charge is 2.37. The molecule has 0 unspecified atom stereocenters. The van der Waals surface area contributed by atoms with Gasteiger partial charge in [0.1, 0.15) is 5.76 Å². The summed E-state index contributed by atoms with van der Waals surface area (Å²) in [7, 11) is 0. The first-order chi connectivity index (χ1) is 11.1. The summed E-state index contributed by atoms with van der Waals surface area (Å²) in [6.07, 6.45) is 6.08. The number of hydrogen-bond donors (Lipinski definition) is 0. The Kier molecular flexibility index (Phi) is 2.42.